The average Bonchev–Trinajstić information content (AvgIpc) is 3.18. The number of aryl methyl sites for hydroxylation is 1. The van der Waals surface area contributed by atoms with Crippen LogP contribution in [0, 0.1) is 5.92 Å². The molecule has 0 spiro atoms. The highest BCUT2D eigenvalue weighted by Gasteiger charge is 2.28. The molecular weight excluding hydrogens is 518 g/mol. The average molecular weight is 555 g/mol. The van der Waals surface area contributed by atoms with Crippen LogP contribution in [0.25, 0.3) is 0 Å². The lowest BCUT2D eigenvalue weighted by atomic mass is 9.88. The van der Waals surface area contributed by atoms with Crippen molar-refractivity contribution in [2.45, 2.75) is 64.5 Å². The van der Waals surface area contributed by atoms with Gasteiger partial charge in [-0.3, -0.25) is 4.79 Å². The number of hydrogen-bond donors (Lipinski definition) is 2. The molecule has 1 aliphatic rings. The van der Waals surface area contributed by atoms with Gasteiger partial charge in [0.05, 0.1) is 11.1 Å². The van der Waals surface area contributed by atoms with Gasteiger partial charge in [0, 0.05) is 18.5 Å². The first-order chi connectivity index (χ1) is 15.8. The molecular formula is C27H37BrClNO4. The Kier molecular flexibility index (Phi) is 11.4. The zero-order chi connectivity index (χ0) is 23.8. The van der Waals surface area contributed by atoms with Crippen molar-refractivity contribution in [2.75, 3.05) is 19.8 Å². The van der Waals surface area contributed by atoms with Gasteiger partial charge in [0.15, 0.2) is 0 Å². The minimum atomic E-state index is -0.625. The summed E-state index contributed by atoms with van der Waals surface area (Å²) < 4.78 is 11.7. The highest BCUT2D eigenvalue weighted by atomic mass is 79.9. The molecule has 1 aliphatic carbocycles. The number of carbonyl (C=O) groups is 1. The van der Waals surface area contributed by atoms with Crippen molar-refractivity contribution in [3.8, 4) is 5.75 Å². The van der Waals surface area contributed by atoms with Crippen molar-refractivity contribution in [1.82, 2.24) is 5.32 Å². The quantitative estimate of drug-likeness (QED) is 0.350. The number of carbonyl (C=O) groups excluding carboxylic acids is 1. The Morgan fingerprint density at radius 1 is 1.21 bits per heavy atom. The van der Waals surface area contributed by atoms with Crippen LogP contribution in [0.3, 0.4) is 0 Å². The summed E-state index contributed by atoms with van der Waals surface area (Å²) in [5.74, 6) is 1.10. The number of nitrogens with one attached hydrogen (secondary N) is 1. The molecule has 0 fully saturated rings. The summed E-state index contributed by atoms with van der Waals surface area (Å²) in [6.45, 7) is 7.26. The summed E-state index contributed by atoms with van der Waals surface area (Å²) in [6.07, 6.45) is 3.62. The molecule has 0 bridgehead atoms. The lowest BCUT2D eigenvalue weighted by Crippen LogP contribution is -2.46. The van der Waals surface area contributed by atoms with E-state index in [1.165, 1.54) is 11.1 Å². The molecule has 0 aromatic heterocycles. The smallest absolute Gasteiger partial charge is 0.306 e. The molecule has 34 heavy (non-hydrogen) atoms. The van der Waals surface area contributed by atoms with Crippen LogP contribution in [0.15, 0.2) is 46.9 Å². The Balaban J connectivity index is 0.00000408. The number of fused-ring (bicyclic) bond motifs is 1. The van der Waals surface area contributed by atoms with Crippen LogP contribution in [0.5, 0.6) is 5.75 Å². The van der Waals surface area contributed by atoms with E-state index in [0.717, 1.165) is 29.3 Å². The molecule has 5 nitrogen and oxygen atoms in total. The highest BCUT2D eigenvalue weighted by molar-refractivity contribution is 9.10. The van der Waals surface area contributed by atoms with Gasteiger partial charge < -0.3 is 19.9 Å². The van der Waals surface area contributed by atoms with Gasteiger partial charge in [0.2, 0.25) is 0 Å². The maximum absolute atomic E-state index is 11.6. The van der Waals surface area contributed by atoms with Crippen molar-refractivity contribution >= 4 is 34.3 Å². The second-order valence-corrected chi connectivity index (χ2v) is 10.4. The van der Waals surface area contributed by atoms with Crippen LogP contribution in [-0.2, 0) is 28.8 Å². The molecule has 0 saturated heterocycles. The van der Waals surface area contributed by atoms with Gasteiger partial charge in [-0.05, 0) is 97.1 Å². The van der Waals surface area contributed by atoms with Gasteiger partial charge in [-0.2, -0.15) is 0 Å². The van der Waals surface area contributed by atoms with Crippen LogP contribution >= 0.6 is 28.3 Å². The van der Waals surface area contributed by atoms with Crippen molar-refractivity contribution in [2.24, 2.45) is 5.92 Å². The van der Waals surface area contributed by atoms with Gasteiger partial charge in [0.1, 0.15) is 18.5 Å². The molecule has 0 saturated carbocycles. The molecule has 7 heteroatoms. The highest BCUT2D eigenvalue weighted by Crippen LogP contribution is 2.32. The number of benzene rings is 2. The first kappa shape index (κ1) is 28.6. The molecule has 2 aromatic rings. The summed E-state index contributed by atoms with van der Waals surface area (Å²) in [5, 5.41) is 14.0. The fraction of sp³-hybridized carbons (Fsp3) is 0.519. The van der Waals surface area contributed by atoms with Gasteiger partial charge >= 0.3 is 5.97 Å². The van der Waals surface area contributed by atoms with Crippen LogP contribution in [0.2, 0.25) is 0 Å². The number of rotatable bonds is 12. The van der Waals surface area contributed by atoms with Gasteiger partial charge in [0.25, 0.3) is 0 Å². The van der Waals surface area contributed by atoms with E-state index in [9.17, 15) is 9.90 Å². The maximum atomic E-state index is 11.6. The predicted molar refractivity (Wildman–Crippen MR) is 142 cm³/mol. The standard InChI is InChI=1S/C27H36BrNO4.ClH/c1-4-32-26(31)12-10-19-9-11-24(28)25(15-19)33-18-23(30)17-29-27(2,3)16-20-13-21-7-5-6-8-22(21)14-20;/h5-9,11,15,20,23,29-30H,4,10,12-14,16-18H2,1-3H3;1H. The van der Waals surface area contributed by atoms with Crippen molar-refractivity contribution in [1.29, 1.82) is 0 Å². The summed E-state index contributed by atoms with van der Waals surface area (Å²) in [4.78, 5) is 11.6. The van der Waals surface area contributed by atoms with Crippen molar-refractivity contribution in [3.05, 3.63) is 63.6 Å². The normalized spacial score (nSPS) is 14.3. The van der Waals surface area contributed by atoms with E-state index in [-0.39, 0.29) is 30.5 Å². The van der Waals surface area contributed by atoms with Gasteiger partial charge in [-0.25, -0.2) is 0 Å². The number of β-amino-alcohol motifs (C(OH)–C–C–N with tert-alkyl or cyclic N) is 1. The monoisotopic (exact) mass is 553 g/mol. The SMILES string of the molecule is CCOC(=O)CCc1ccc(Br)c(OCC(O)CNC(C)(C)CC2Cc3ccccc3C2)c1.Cl. The minimum Gasteiger partial charge on any atom is -0.490 e. The molecule has 1 atom stereocenters. The summed E-state index contributed by atoms with van der Waals surface area (Å²) in [6, 6.07) is 14.5. The maximum Gasteiger partial charge on any atom is 0.306 e. The molecule has 0 amide bonds. The zero-order valence-corrected chi connectivity index (χ0v) is 22.7. The lowest BCUT2D eigenvalue weighted by molar-refractivity contribution is -0.143. The molecule has 1 unspecified atom stereocenters. The Morgan fingerprint density at radius 3 is 2.53 bits per heavy atom. The lowest BCUT2D eigenvalue weighted by Gasteiger charge is -2.30. The Labute approximate surface area is 218 Å². The van der Waals surface area contributed by atoms with Crippen molar-refractivity contribution < 1.29 is 19.4 Å². The van der Waals surface area contributed by atoms with E-state index < -0.39 is 6.10 Å². The molecule has 0 heterocycles. The number of esters is 1. The Morgan fingerprint density at radius 2 is 1.88 bits per heavy atom. The van der Waals surface area contributed by atoms with Gasteiger partial charge in [-0.1, -0.05) is 30.3 Å². The first-order valence-corrected chi connectivity index (χ1v) is 12.6. The molecule has 3 rings (SSSR count). The van der Waals surface area contributed by atoms with Crippen LogP contribution < -0.4 is 10.1 Å². The molecule has 0 radical (unpaired) electrons. The van der Waals surface area contributed by atoms with E-state index >= 15 is 0 Å². The molecule has 0 aliphatic heterocycles. The summed E-state index contributed by atoms with van der Waals surface area (Å²) in [5.41, 5.74) is 3.87. The van der Waals surface area contributed by atoms with Crippen LogP contribution in [-0.4, -0.2) is 42.5 Å². The minimum absolute atomic E-state index is 0. The summed E-state index contributed by atoms with van der Waals surface area (Å²) in [7, 11) is 0. The molecule has 2 aromatic carbocycles. The molecule has 2 N–H and O–H groups in total. The van der Waals surface area contributed by atoms with E-state index in [1.54, 1.807) is 6.92 Å². The number of aliphatic hydroxyl groups is 1. The third-order valence-electron chi connectivity index (χ3n) is 6.10. The van der Waals surface area contributed by atoms with Crippen molar-refractivity contribution in [3.63, 3.8) is 0 Å². The van der Waals surface area contributed by atoms with Crippen LogP contribution in [0.1, 0.15) is 50.3 Å². The van der Waals surface area contributed by atoms with Crippen LogP contribution in [0.4, 0.5) is 0 Å². The Bertz CT molecular complexity index is 912. The number of hydrogen-bond acceptors (Lipinski definition) is 5. The Hall–Kier alpha value is -1.60. The largest absolute Gasteiger partial charge is 0.490 e. The molecule has 188 valence electrons. The predicted octanol–water partition coefficient (Wildman–Crippen LogP) is 5.28. The second-order valence-electron chi connectivity index (χ2n) is 9.55. The van der Waals surface area contributed by atoms with E-state index in [2.05, 4.69) is 59.4 Å². The van der Waals surface area contributed by atoms with E-state index in [0.29, 0.717) is 37.7 Å². The second kappa shape index (κ2) is 13.5. The third kappa shape index (κ3) is 8.88. The van der Waals surface area contributed by atoms with E-state index in [1.807, 2.05) is 18.2 Å². The topological polar surface area (TPSA) is 67.8 Å². The zero-order valence-electron chi connectivity index (χ0n) is 20.3. The van der Waals surface area contributed by atoms with Gasteiger partial charge in [-0.15, -0.1) is 12.4 Å². The third-order valence-corrected chi connectivity index (χ3v) is 6.76. The fourth-order valence-electron chi connectivity index (χ4n) is 4.52. The number of halogens is 2. The number of aliphatic hydroxyl groups excluding tert-OH is 1. The number of ether oxygens (including phenoxy) is 2. The van der Waals surface area contributed by atoms with E-state index in [4.69, 9.17) is 9.47 Å². The summed E-state index contributed by atoms with van der Waals surface area (Å²) >= 11 is 3.50. The first-order valence-electron chi connectivity index (χ1n) is 11.8. The fourth-order valence-corrected chi connectivity index (χ4v) is 4.88.